The summed E-state index contributed by atoms with van der Waals surface area (Å²) in [6.45, 7) is 4.90. The number of fused-ring (bicyclic) bond motifs is 13. The second kappa shape index (κ2) is 8.75. The van der Waals surface area contributed by atoms with Crippen LogP contribution in [0.1, 0.15) is 25.0 Å². The van der Waals surface area contributed by atoms with Gasteiger partial charge in [0.25, 0.3) is 0 Å². The zero-order valence-electron chi connectivity index (χ0n) is 26.4. The number of hydrogen-bond acceptors (Lipinski definition) is 0. The van der Waals surface area contributed by atoms with Crippen molar-refractivity contribution in [3.63, 3.8) is 0 Å². The Hall–Kier alpha value is -5.72. The van der Waals surface area contributed by atoms with Gasteiger partial charge in [-0.25, -0.2) is 0 Å². The Morgan fingerprint density at radius 1 is 0.362 bits per heavy atom. The SMILES string of the molecule is CC1(C)c2cc(-c3ccc4ccc5cccc6ccc3c4c56)ccc2-c2c1c1c3ccccc3c3ccccc3c1c1ccccc21. The highest BCUT2D eigenvalue weighted by atomic mass is 14.4. The summed E-state index contributed by atoms with van der Waals surface area (Å²) in [5, 5.41) is 18.8. The fourth-order valence-corrected chi connectivity index (χ4v) is 9.33. The van der Waals surface area contributed by atoms with Crippen molar-refractivity contribution in [3.05, 3.63) is 157 Å². The van der Waals surface area contributed by atoms with E-state index in [1.165, 1.54) is 109 Å². The molecule has 0 fully saturated rings. The Balaban J connectivity index is 1.25. The lowest BCUT2D eigenvalue weighted by Gasteiger charge is -2.26. The molecule has 0 bridgehead atoms. The second-order valence-corrected chi connectivity index (χ2v) is 14.0. The third-order valence-corrected chi connectivity index (χ3v) is 11.3. The van der Waals surface area contributed by atoms with E-state index < -0.39 is 0 Å². The van der Waals surface area contributed by atoms with E-state index in [1.807, 2.05) is 0 Å². The van der Waals surface area contributed by atoms with Gasteiger partial charge in [-0.3, -0.25) is 0 Å². The quantitative estimate of drug-likeness (QED) is 0.166. The lowest BCUT2D eigenvalue weighted by molar-refractivity contribution is 0.667. The van der Waals surface area contributed by atoms with Gasteiger partial charge >= 0.3 is 0 Å². The van der Waals surface area contributed by atoms with Crippen molar-refractivity contribution in [3.8, 4) is 22.3 Å². The van der Waals surface area contributed by atoms with Crippen molar-refractivity contribution in [2.75, 3.05) is 0 Å². The molecule has 0 saturated heterocycles. The van der Waals surface area contributed by atoms with Gasteiger partial charge in [0.15, 0.2) is 0 Å². The van der Waals surface area contributed by atoms with E-state index in [9.17, 15) is 0 Å². The molecule has 0 saturated carbocycles. The van der Waals surface area contributed by atoms with Gasteiger partial charge in [-0.1, -0.05) is 153 Å². The second-order valence-electron chi connectivity index (χ2n) is 14.0. The van der Waals surface area contributed by atoms with E-state index in [4.69, 9.17) is 0 Å². The first-order valence-electron chi connectivity index (χ1n) is 16.7. The summed E-state index contributed by atoms with van der Waals surface area (Å²) in [7, 11) is 0. The molecule has 0 nitrogen and oxygen atoms in total. The van der Waals surface area contributed by atoms with Gasteiger partial charge in [-0.05, 0) is 115 Å². The topological polar surface area (TPSA) is 0 Å². The number of rotatable bonds is 1. The lowest BCUT2D eigenvalue weighted by Crippen LogP contribution is -2.16. The zero-order valence-corrected chi connectivity index (χ0v) is 26.4. The minimum Gasteiger partial charge on any atom is -0.0616 e. The molecule has 0 aliphatic heterocycles. The van der Waals surface area contributed by atoms with Gasteiger partial charge in [0.2, 0.25) is 0 Å². The minimum absolute atomic E-state index is 0.196. The van der Waals surface area contributed by atoms with Gasteiger partial charge < -0.3 is 0 Å². The monoisotopic (exact) mass is 594 g/mol. The summed E-state index contributed by atoms with van der Waals surface area (Å²) in [5.74, 6) is 0. The van der Waals surface area contributed by atoms with Gasteiger partial charge in [0.05, 0.1) is 0 Å². The predicted molar refractivity (Wildman–Crippen MR) is 203 cm³/mol. The van der Waals surface area contributed by atoms with Crippen molar-refractivity contribution in [2.24, 2.45) is 0 Å². The molecule has 0 N–H and O–H groups in total. The summed E-state index contributed by atoms with van der Waals surface area (Å²) >= 11 is 0. The highest BCUT2D eigenvalue weighted by Gasteiger charge is 2.39. The fourth-order valence-electron chi connectivity index (χ4n) is 9.33. The van der Waals surface area contributed by atoms with Crippen molar-refractivity contribution in [1.29, 1.82) is 0 Å². The van der Waals surface area contributed by atoms with Crippen LogP contribution in [-0.2, 0) is 5.41 Å². The van der Waals surface area contributed by atoms with E-state index in [-0.39, 0.29) is 5.41 Å². The lowest BCUT2D eigenvalue weighted by atomic mass is 9.76. The first-order valence-corrected chi connectivity index (χ1v) is 16.7. The minimum atomic E-state index is -0.196. The molecule has 0 unspecified atom stereocenters. The van der Waals surface area contributed by atoms with Gasteiger partial charge in [0.1, 0.15) is 0 Å². The molecule has 1 aliphatic carbocycles. The van der Waals surface area contributed by atoms with Crippen LogP contribution < -0.4 is 0 Å². The van der Waals surface area contributed by atoms with Crippen LogP contribution in [0.15, 0.2) is 146 Å². The Morgan fingerprint density at radius 3 is 1.60 bits per heavy atom. The Labute approximate surface area is 272 Å². The molecule has 218 valence electrons. The van der Waals surface area contributed by atoms with Crippen LogP contribution in [0.4, 0.5) is 0 Å². The van der Waals surface area contributed by atoms with Crippen molar-refractivity contribution in [2.45, 2.75) is 19.3 Å². The van der Waals surface area contributed by atoms with E-state index in [1.54, 1.807) is 0 Å². The Morgan fingerprint density at radius 2 is 0.894 bits per heavy atom. The molecule has 11 rings (SSSR count). The van der Waals surface area contributed by atoms with Gasteiger partial charge in [-0.2, -0.15) is 0 Å². The molecule has 10 aromatic carbocycles. The smallest absolute Gasteiger partial charge is 0.0165 e. The molecule has 0 spiro atoms. The van der Waals surface area contributed by atoms with Crippen molar-refractivity contribution in [1.82, 2.24) is 0 Å². The van der Waals surface area contributed by atoms with Crippen molar-refractivity contribution < 1.29 is 0 Å². The molecule has 0 heterocycles. The molecular weight excluding hydrogens is 565 g/mol. The van der Waals surface area contributed by atoms with Gasteiger partial charge in [-0.15, -0.1) is 0 Å². The van der Waals surface area contributed by atoms with Crippen LogP contribution in [0.3, 0.4) is 0 Å². The average Bonchev–Trinajstić information content (AvgIpc) is 3.36. The molecule has 0 amide bonds. The molecule has 1 aliphatic rings. The normalized spacial score (nSPS) is 13.9. The highest BCUT2D eigenvalue weighted by Crippen LogP contribution is 2.57. The molecule has 0 heteroatoms. The molecule has 10 aromatic rings. The van der Waals surface area contributed by atoms with Crippen LogP contribution in [0, 0.1) is 0 Å². The first kappa shape index (κ1) is 25.5. The summed E-state index contributed by atoms with van der Waals surface area (Å²) < 4.78 is 0. The average molecular weight is 595 g/mol. The van der Waals surface area contributed by atoms with Crippen LogP contribution in [0.5, 0.6) is 0 Å². The summed E-state index contributed by atoms with van der Waals surface area (Å²) in [4.78, 5) is 0. The summed E-state index contributed by atoms with van der Waals surface area (Å²) in [6.07, 6.45) is 0. The maximum Gasteiger partial charge on any atom is 0.0165 e. The van der Waals surface area contributed by atoms with Crippen molar-refractivity contribution >= 4 is 75.4 Å². The third kappa shape index (κ3) is 3.13. The van der Waals surface area contributed by atoms with Crippen LogP contribution in [0.25, 0.3) is 97.7 Å². The number of hydrogen-bond donors (Lipinski definition) is 0. The standard InChI is InChI=1S/C47H30/c1-47(2)40-26-30(31-23-20-29-19-18-27-10-9-11-28-21-24-38(31)42(29)41(27)28)22-25-39(40)44-37-17-8-7-16-36(37)43-34-14-5-3-12-32(34)33-13-4-6-15-35(33)45(43)46(44)47/h3-26H,1-2H3. The molecule has 0 radical (unpaired) electrons. The largest absolute Gasteiger partial charge is 0.0616 e. The maximum absolute atomic E-state index is 2.51. The van der Waals surface area contributed by atoms with Crippen LogP contribution in [0.2, 0.25) is 0 Å². The summed E-state index contributed by atoms with van der Waals surface area (Å²) in [5.41, 5.74) is 8.01. The molecule has 47 heavy (non-hydrogen) atoms. The predicted octanol–water partition coefficient (Wildman–Crippen LogP) is 13.2. The van der Waals surface area contributed by atoms with E-state index in [0.717, 1.165) is 0 Å². The maximum atomic E-state index is 2.51. The molecule has 0 aromatic heterocycles. The first-order chi connectivity index (χ1) is 23.1. The summed E-state index contributed by atoms with van der Waals surface area (Å²) in [6, 6.07) is 54.9. The van der Waals surface area contributed by atoms with E-state index in [0.29, 0.717) is 0 Å². The molecular formula is C47H30. The van der Waals surface area contributed by atoms with E-state index in [2.05, 4.69) is 159 Å². The fraction of sp³-hybridized carbons (Fsp3) is 0.0638. The Bertz CT molecular complexity index is 2960. The zero-order chi connectivity index (χ0) is 31.0. The molecule has 0 atom stereocenters. The number of benzene rings is 10. The Kier molecular flexibility index (Phi) is 4.74. The van der Waals surface area contributed by atoms with Crippen LogP contribution >= 0.6 is 0 Å². The third-order valence-electron chi connectivity index (χ3n) is 11.3. The van der Waals surface area contributed by atoms with E-state index >= 15 is 0 Å². The van der Waals surface area contributed by atoms with Gasteiger partial charge in [0, 0.05) is 5.41 Å². The van der Waals surface area contributed by atoms with Crippen LogP contribution in [-0.4, -0.2) is 0 Å². The highest BCUT2D eigenvalue weighted by molar-refractivity contribution is 6.35.